The van der Waals surface area contributed by atoms with E-state index in [0.29, 0.717) is 18.0 Å². The van der Waals surface area contributed by atoms with Crippen molar-refractivity contribution in [3.63, 3.8) is 0 Å². The number of carbonyl (C=O) groups is 1. The van der Waals surface area contributed by atoms with Crippen LogP contribution in [0.5, 0.6) is 0 Å². The van der Waals surface area contributed by atoms with Crippen LogP contribution in [0, 0.1) is 0 Å². The van der Waals surface area contributed by atoms with Gasteiger partial charge in [-0.25, -0.2) is 4.98 Å². The van der Waals surface area contributed by atoms with Crippen LogP contribution < -0.4 is 0 Å². The van der Waals surface area contributed by atoms with Crippen LogP contribution in [-0.2, 0) is 11.2 Å². The second-order valence-electron chi connectivity index (χ2n) is 5.88. The Kier molecular flexibility index (Phi) is 6.39. The van der Waals surface area contributed by atoms with E-state index in [-0.39, 0.29) is 11.9 Å². The molecule has 1 unspecified atom stereocenters. The third-order valence-electron chi connectivity index (χ3n) is 4.10. The maximum atomic E-state index is 12.6. The molecule has 0 fully saturated rings. The summed E-state index contributed by atoms with van der Waals surface area (Å²) < 4.78 is 5.52. The van der Waals surface area contributed by atoms with E-state index in [9.17, 15) is 4.79 Å². The predicted molar refractivity (Wildman–Crippen MR) is 92.0 cm³/mol. The molecule has 1 atom stereocenters. The van der Waals surface area contributed by atoms with Gasteiger partial charge in [-0.05, 0) is 31.9 Å². The van der Waals surface area contributed by atoms with Crippen molar-refractivity contribution in [2.45, 2.75) is 52.5 Å². The summed E-state index contributed by atoms with van der Waals surface area (Å²) in [6, 6.07) is 10.00. The molecular weight excluding hydrogens is 288 g/mol. The molecular formula is C19H26N2O2. The van der Waals surface area contributed by atoms with Crippen LogP contribution in [-0.4, -0.2) is 28.4 Å². The number of hydrogen-bond donors (Lipinski definition) is 0. The summed E-state index contributed by atoms with van der Waals surface area (Å²) in [4.78, 5) is 19.0. The quantitative estimate of drug-likeness (QED) is 0.729. The van der Waals surface area contributed by atoms with Gasteiger partial charge in [-0.2, -0.15) is 0 Å². The SMILES string of the molecule is CCCCN(C(=O)Cc1coc(-c2ccccc2)n1)C(C)CC. The van der Waals surface area contributed by atoms with Crippen molar-refractivity contribution >= 4 is 5.91 Å². The zero-order valence-electron chi connectivity index (χ0n) is 14.3. The maximum Gasteiger partial charge on any atom is 0.228 e. The van der Waals surface area contributed by atoms with Gasteiger partial charge in [0.05, 0.1) is 12.1 Å². The third-order valence-corrected chi connectivity index (χ3v) is 4.10. The molecule has 0 aliphatic carbocycles. The summed E-state index contributed by atoms with van der Waals surface area (Å²) in [5.41, 5.74) is 1.62. The van der Waals surface area contributed by atoms with Crippen LogP contribution in [0.3, 0.4) is 0 Å². The molecule has 0 saturated carbocycles. The van der Waals surface area contributed by atoms with Crippen molar-refractivity contribution in [1.82, 2.24) is 9.88 Å². The molecule has 1 aromatic carbocycles. The Hall–Kier alpha value is -2.10. The molecule has 0 saturated heterocycles. The number of aromatic nitrogens is 1. The summed E-state index contributed by atoms with van der Waals surface area (Å²) in [6.45, 7) is 7.17. The minimum Gasteiger partial charge on any atom is -0.444 e. The third kappa shape index (κ3) is 4.68. The molecule has 0 aliphatic heterocycles. The van der Waals surface area contributed by atoms with Gasteiger partial charge in [0.2, 0.25) is 11.8 Å². The fraction of sp³-hybridized carbons (Fsp3) is 0.474. The Balaban J connectivity index is 2.05. The van der Waals surface area contributed by atoms with Crippen molar-refractivity contribution in [1.29, 1.82) is 0 Å². The largest absolute Gasteiger partial charge is 0.444 e. The highest BCUT2D eigenvalue weighted by molar-refractivity contribution is 5.78. The van der Waals surface area contributed by atoms with E-state index < -0.39 is 0 Å². The Morgan fingerprint density at radius 1 is 1.26 bits per heavy atom. The Bertz CT molecular complexity index is 607. The molecule has 23 heavy (non-hydrogen) atoms. The first-order valence-electron chi connectivity index (χ1n) is 8.45. The molecule has 0 radical (unpaired) electrons. The lowest BCUT2D eigenvalue weighted by atomic mass is 10.1. The average molecular weight is 314 g/mol. The first-order valence-corrected chi connectivity index (χ1v) is 8.45. The van der Waals surface area contributed by atoms with Crippen molar-refractivity contribution < 1.29 is 9.21 Å². The van der Waals surface area contributed by atoms with E-state index in [2.05, 4.69) is 25.8 Å². The normalized spacial score (nSPS) is 12.1. The zero-order chi connectivity index (χ0) is 16.7. The van der Waals surface area contributed by atoms with Crippen LogP contribution in [0.4, 0.5) is 0 Å². The number of hydrogen-bond acceptors (Lipinski definition) is 3. The highest BCUT2D eigenvalue weighted by Crippen LogP contribution is 2.19. The second kappa shape index (κ2) is 8.51. The standard InChI is InChI=1S/C19H26N2O2/c1-4-6-12-21(15(3)5-2)18(22)13-17-14-23-19(20-17)16-10-8-7-9-11-16/h7-11,14-15H,4-6,12-13H2,1-3H3. The number of carbonyl (C=O) groups excluding carboxylic acids is 1. The van der Waals surface area contributed by atoms with E-state index in [4.69, 9.17) is 4.42 Å². The predicted octanol–water partition coefficient (Wildman–Crippen LogP) is 4.31. The highest BCUT2D eigenvalue weighted by Gasteiger charge is 2.20. The molecule has 0 aliphatic rings. The van der Waals surface area contributed by atoms with Crippen LogP contribution in [0.2, 0.25) is 0 Å². The smallest absolute Gasteiger partial charge is 0.228 e. The second-order valence-corrected chi connectivity index (χ2v) is 5.88. The van der Waals surface area contributed by atoms with E-state index in [0.717, 1.165) is 31.4 Å². The molecule has 1 heterocycles. The lowest BCUT2D eigenvalue weighted by molar-refractivity contribution is -0.132. The fourth-order valence-electron chi connectivity index (χ4n) is 2.50. The maximum absolute atomic E-state index is 12.6. The van der Waals surface area contributed by atoms with Crippen LogP contribution >= 0.6 is 0 Å². The first kappa shape index (κ1) is 17.3. The number of unbranched alkanes of at least 4 members (excludes halogenated alkanes) is 1. The molecule has 2 aromatic rings. The number of rotatable bonds is 8. The van der Waals surface area contributed by atoms with Crippen molar-refractivity contribution in [2.75, 3.05) is 6.54 Å². The topological polar surface area (TPSA) is 46.3 Å². The van der Waals surface area contributed by atoms with Crippen molar-refractivity contribution in [2.24, 2.45) is 0 Å². The highest BCUT2D eigenvalue weighted by atomic mass is 16.3. The van der Waals surface area contributed by atoms with Gasteiger partial charge >= 0.3 is 0 Å². The molecule has 2 rings (SSSR count). The number of amides is 1. The van der Waals surface area contributed by atoms with Crippen molar-refractivity contribution in [3.8, 4) is 11.5 Å². The van der Waals surface area contributed by atoms with Gasteiger partial charge in [-0.15, -0.1) is 0 Å². The number of oxazole rings is 1. The lowest BCUT2D eigenvalue weighted by Gasteiger charge is -2.28. The fourth-order valence-corrected chi connectivity index (χ4v) is 2.50. The summed E-state index contributed by atoms with van der Waals surface area (Å²) in [5.74, 6) is 0.692. The van der Waals surface area contributed by atoms with Gasteiger partial charge in [-0.3, -0.25) is 4.79 Å². The summed E-state index contributed by atoms with van der Waals surface area (Å²) >= 11 is 0. The van der Waals surface area contributed by atoms with Gasteiger partial charge in [0.15, 0.2) is 0 Å². The summed E-state index contributed by atoms with van der Waals surface area (Å²) in [5, 5.41) is 0. The minimum atomic E-state index is 0.126. The van der Waals surface area contributed by atoms with E-state index >= 15 is 0 Å². The van der Waals surface area contributed by atoms with E-state index in [1.54, 1.807) is 6.26 Å². The summed E-state index contributed by atoms with van der Waals surface area (Å²) in [6.07, 6.45) is 4.97. The summed E-state index contributed by atoms with van der Waals surface area (Å²) in [7, 11) is 0. The Morgan fingerprint density at radius 3 is 2.65 bits per heavy atom. The molecule has 0 spiro atoms. The average Bonchev–Trinajstić information content (AvgIpc) is 3.04. The monoisotopic (exact) mass is 314 g/mol. The molecule has 124 valence electrons. The first-order chi connectivity index (χ1) is 11.2. The van der Waals surface area contributed by atoms with Crippen molar-refractivity contribution in [3.05, 3.63) is 42.3 Å². The van der Waals surface area contributed by atoms with Gasteiger partial charge in [-0.1, -0.05) is 38.5 Å². The Morgan fingerprint density at radius 2 is 2.00 bits per heavy atom. The van der Waals surface area contributed by atoms with Crippen LogP contribution in [0.15, 0.2) is 41.0 Å². The minimum absolute atomic E-state index is 0.126. The molecule has 4 heteroatoms. The van der Waals surface area contributed by atoms with Crippen LogP contribution in [0.25, 0.3) is 11.5 Å². The van der Waals surface area contributed by atoms with Crippen LogP contribution in [0.1, 0.15) is 45.7 Å². The van der Waals surface area contributed by atoms with Gasteiger partial charge in [0, 0.05) is 18.2 Å². The van der Waals surface area contributed by atoms with Gasteiger partial charge in [0.1, 0.15) is 6.26 Å². The van der Waals surface area contributed by atoms with E-state index in [1.165, 1.54) is 0 Å². The molecule has 1 aromatic heterocycles. The zero-order valence-corrected chi connectivity index (χ0v) is 14.3. The number of benzene rings is 1. The van der Waals surface area contributed by atoms with Gasteiger partial charge in [0.25, 0.3) is 0 Å². The molecule has 0 bridgehead atoms. The molecule has 1 amide bonds. The van der Waals surface area contributed by atoms with E-state index in [1.807, 2.05) is 35.2 Å². The van der Waals surface area contributed by atoms with Gasteiger partial charge < -0.3 is 9.32 Å². The molecule has 0 N–H and O–H groups in total. The number of nitrogens with zero attached hydrogens (tertiary/aromatic N) is 2. The molecule has 4 nitrogen and oxygen atoms in total. The lowest BCUT2D eigenvalue weighted by Crippen LogP contribution is -2.40. The Labute approximate surface area is 138 Å².